The number of carbonyl (C=O) groups is 2. The Morgan fingerprint density at radius 1 is 1.11 bits per heavy atom. The molecule has 5 N–H and O–H groups in total. The Labute approximate surface area is 219 Å². The normalized spacial score (nSPS) is 31.4. The molecular formula is C28H42N2O7. The second-order valence-corrected chi connectivity index (χ2v) is 10.0. The molecule has 9 heteroatoms. The molecule has 0 radical (unpaired) electrons. The van der Waals surface area contributed by atoms with E-state index >= 15 is 0 Å². The second-order valence-electron chi connectivity index (χ2n) is 10.0. The third-order valence-electron chi connectivity index (χ3n) is 6.79. The van der Waals surface area contributed by atoms with Crippen LogP contribution >= 0.6 is 0 Å². The van der Waals surface area contributed by atoms with Gasteiger partial charge in [0.2, 0.25) is 0 Å². The summed E-state index contributed by atoms with van der Waals surface area (Å²) in [5.41, 5.74) is 7.92. The van der Waals surface area contributed by atoms with E-state index in [2.05, 4.69) is 5.32 Å². The molecule has 0 saturated heterocycles. The minimum absolute atomic E-state index is 0.0634. The van der Waals surface area contributed by atoms with Crippen LogP contribution in [0.4, 0.5) is 10.5 Å². The molecule has 2 rings (SSSR count). The molecule has 9 nitrogen and oxygen atoms in total. The number of carbonyl (C=O) groups excluding carboxylic acids is 2. The molecule has 6 atom stereocenters. The quantitative estimate of drug-likeness (QED) is 0.442. The number of primary amides is 1. The topological polar surface area (TPSA) is 140 Å². The summed E-state index contributed by atoms with van der Waals surface area (Å²) in [6, 6.07) is 5.02. The van der Waals surface area contributed by atoms with Crippen LogP contribution in [-0.2, 0) is 25.4 Å². The molecule has 0 fully saturated rings. The molecule has 0 saturated carbocycles. The van der Waals surface area contributed by atoms with Gasteiger partial charge in [-0.25, -0.2) is 4.79 Å². The number of phenolic OH excluding ortho intramolecular Hbond substituents is 1. The maximum Gasteiger partial charge on any atom is 0.405 e. The number of amides is 2. The summed E-state index contributed by atoms with van der Waals surface area (Å²) in [6.07, 6.45) is 2.29. The molecule has 2 amide bonds. The van der Waals surface area contributed by atoms with E-state index in [4.69, 9.17) is 19.9 Å². The van der Waals surface area contributed by atoms with Crippen LogP contribution in [0.1, 0.15) is 52.5 Å². The van der Waals surface area contributed by atoms with Crippen molar-refractivity contribution < 1.29 is 34.0 Å². The SMILES string of the molecule is CO[C@H]1CC/C=C(\C)C(=O)Nc2cc(O)cc(c2)C[C@@H](C)C[C@H](OC)[C@@H](O)C(C)/C=C(\C)[C@@H]1OC(N)=O. The van der Waals surface area contributed by atoms with Gasteiger partial charge in [0.15, 0.2) is 6.10 Å². The Bertz CT molecular complexity index is 991. The first-order chi connectivity index (χ1) is 17.4. The first-order valence-corrected chi connectivity index (χ1v) is 12.6. The lowest BCUT2D eigenvalue weighted by Crippen LogP contribution is -2.37. The van der Waals surface area contributed by atoms with E-state index in [1.165, 1.54) is 13.2 Å². The maximum absolute atomic E-state index is 12.8. The molecule has 1 aliphatic rings. The predicted molar refractivity (Wildman–Crippen MR) is 142 cm³/mol. The van der Waals surface area contributed by atoms with Crippen molar-refractivity contribution in [1.29, 1.82) is 0 Å². The zero-order chi connectivity index (χ0) is 27.7. The molecule has 0 aromatic heterocycles. The number of allylic oxidation sites excluding steroid dienone is 1. The van der Waals surface area contributed by atoms with Gasteiger partial charge in [0.05, 0.1) is 18.3 Å². The molecule has 0 aliphatic carbocycles. The van der Waals surface area contributed by atoms with E-state index in [1.54, 1.807) is 26.2 Å². The minimum Gasteiger partial charge on any atom is -0.508 e. The van der Waals surface area contributed by atoms with Gasteiger partial charge in [0.1, 0.15) is 5.75 Å². The Kier molecular flexibility index (Phi) is 11.6. The number of hydrogen-bond acceptors (Lipinski definition) is 7. The Hall–Kier alpha value is -2.88. The predicted octanol–water partition coefficient (Wildman–Crippen LogP) is 4.08. The maximum atomic E-state index is 12.8. The molecule has 37 heavy (non-hydrogen) atoms. The number of nitrogens with two attached hydrogens (primary N) is 1. The fourth-order valence-corrected chi connectivity index (χ4v) is 4.83. The van der Waals surface area contributed by atoms with Crippen molar-refractivity contribution in [2.45, 2.75) is 77.8 Å². The fourth-order valence-electron chi connectivity index (χ4n) is 4.83. The lowest BCUT2D eigenvalue weighted by atomic mass is 9.88. The number of rotatable bonds is 3. The van der Waals surface area contributed by atoms with Crippen LogP contribution in [0.5, 0.6) is 5.75 Å². The lowest BCUT2D eigenvalue weighted by Gasteiger charge is -2.30. The number of hydrogen-bond donors (Lipinski definition) is 4. The van der Waals surface area contributed by atoms with E-state index in [9.17, 15) is 19.8 Å². The van der Waals surface area contributed by atoms with Crippen molar-refractivity contribution in [3.63, 3.8) is 0 Å². The van der Waals surface area contributed by atoms with Gasteiger partial charge in [-0.2, -0.15) is 0 Å². The van der Waals surface area contributed by atoms with Crippen LogP contribution in [0.3, 0.4) is 0 Å². The number of fused-ring (bicyclic) bond motifs is 2. The van der Waals surface area contributed by atoms with Crippen molar-refractivity contribution in [2.24, 2.45) is 17.6 Å². The van der Waals surface area contributed by atoms with Crippen LogP contribution in [0.15, 0.2) is 41.5 Å². The highest BCUT2D eigenvalue weighted by Crippen LogP contribution is 2.27. The molecule has 1 heterocycles. The molecule has 1 aliphatic heterocycles. The molecule has 2 bridgehead atoms. The zero-order valence-corrected chi connectivity index (χ0v) is 22.7. The summed E-state index contributed by atoms with van der Waals surface area (Å²) < 4.78 is 16.7. The summed E-state index contributed by atoms with van der Waals surface area (Å²) in [4.78, 5) is 24.4. The number of aliphatic hydroxyl groups is 1. The number of ether oxygens (including phenoxy) is 3. The highest BCUT2D eigenvalue weighted by molar-refractivity contribution is 6.03. The number of methoxy groups -OCH3 is 2. The fraction of sp³-hybridized carbons (Fsp3) is 0.571. The second kappa shape index (κ2) is 14.2. The van der Waals surface area contributed by atoms with Gasteiger partial charge in [-0.15, -0.1) is 0 Å². The zero-order valence-electron chi connectivity index (χ0n) is 22.7. The average Bonchev–Trinajstić information content (AvgIpc) is 2.82. The monoisotopic (exact) mass is 518 g/mol. The highest BCUT2D eigenvalue weighted by atomic mass is 16.6. The lowest BCUT2D eigenvalue weighted by molar-refractivity contribution is -0.112. The van der Waals surface area contributed by atoms with Crippen molar-refractivity contribution in [2.75, 3.05) is 19.5 Å². The van der Waals surface area contributed by atoms with Crippen molar-refractivity contribution in [3.05, 3.63) is 47.1 Å². The summed E-state index contributed by atoms with van der Waals surface area (Å²) in [5, 5.41) is 24.2. The van der Waals surface area contributed by atoms with Crippen LogP contribution < -0.4 is 11.1 Å². The Morgan fingerprint density at radius 3 is 2.41 bits per heavy atom. The van der Waals surface area contributed by atoms with Gasteiger partial charge in [-0.3, -0.25) is 4.79 Å². The molecule has 206 valence electrons. The highest BCUT2D eigenvalue weighted by Gasteiger charge is 2.30. The number of aromatic hydroxyl groups is 1. The van der Waals surface area contributed by atoms with E-state index in [0.29, 0.717) is 42.5 Å². The van der Waals surface area contributed by atoms with Gasteiger partial charge in [0, 0.05) is 37.5 Å². The molecule has 0 spiro atoms. The standard InChI is InChI=1S/C28H42N2O7/c1-16-10-20-13-21(15-22(31)14-20)30-27(33)17(2)8-7-9-23(35-5)26(37-28(29)34)19(4)12-18(3)25(32)24(11-16)36-6/h8,12-16,18,23-26,31-32H,7,9-11H2,1-6H3,(H2,29,34)(H,30,33)/b17-8+,19-12+/t16-,18?,23+,24+,25+,26+/m1/s1. The van der Waals surface area contributed by atoms with Crippen molar-refractivity contribution in [3.8, 4) is 5.75 Å². The van der Waals surface area contributed by atoms with Crippen molar-refractivity contribution in [1.82, 2.24) is 0 Å². The first kappa shape index (κ1) is 30.3. The Morgan fingerprint density at radius 2 is 1.78 bits per heavy atom. The summed E-state index contributed by atoms with van der Waals surface area (Å²) >= 11 is 0. The number of aliphatic hydroxyl groups excluding tert-OH is 1. The van der Waals surface area contributed by atoms with Crippen molar-refractivity contribution >= 4 is 17.7 Å². The molecular weight excluding hydrogens is 476 g/mol. The minimum atomic E-state index is -0.925. The van der Waals surface area contributed by atoms with Crippen LogP contribution in [0, 0.1) is 11.8 Å². The largest absolute Gasteiger partial charge is 0.508 e. The average molecular weight is 519 g/mol. The van der Waals surface area contributed by atoms with Gasteiger partial charge >= 0.3 is 6.09 Å². The van der Waals surface area contributed by atoms with Gasteiger partial charge in [-0.1, -0.05) is 26.0 Å². The van der Waals surface area contributed by atoms with Gasteiger partial charge in [0.25, 0.3) is 5.91 Å². The third-order valence-corrected chi connectivity index (χ3v) is 6.79. The Balaban J connectivity index is 2.47. The van der Waals surface area contributed by atoms with E-state index in [0.717, 1.165) is 5.56 Å². The number of phenols is 1. The number of benzene rings is 1. The van der Waals surface area contributed by atoms with Crippen LogP contribution in [-0.4, -0.2) is 60.8 Å². The van der Waals surface area contributed by atoms with E-state index < -0.39 is 30.5 Å². The number of nitrogens with one attached hydrogen (secondary N) is 1. The first-order valence-electron chi connectivity index (χ1n) is 12.6. The summed E-state index contributed by atoms with van der Waals surface area (Å²) in [7, 11) is 3.09. The summed E-state index contributed by atoms with van der Waals surface area (Å²) in [5.74, 6) is -0.427. The van der Waals surface area contributed by atoms with E-state index in [-0.39, 0.29) is 23.5 Å². The van der Waals surface area contributed by atoms with Gasteiger partial charge < -0.3 is 35.5 Å². The molecule has 1 unspecified atom stereocenters. The number of anilines is 1. The molecule has 1 aromatic rings. The van der Waals surface area contributed by atoms with E-state index in [1.807, 2.05) is 32.9 Å². The van der Waals surface area contributed by atoms with Crippen LogP contribution in [0.2, 0.25) is 0 Å². The molecule has 1 aromatic carbocycles. The smallest absolute Gasteiger partial charge is 0.405 e. The summed E-state index contributed by atoms with van der Waals surface area (Å²) in [6.45, 7) is 7.44. The van der Waals surface area contributed by atoms with Crippen LogP contribution in [0.25, 0.3) is 0 Å². The van der Waals surface area contributed by atoms with Gasteiger partial charge in [-0.05, 0) is 68.7 Å². The third kappa shape index (κ3) is 9.18.